The molecule has 1 aromatic heterocycles. The zero-order chi connectivity index (χ0) is 17.8. The number of hydrogen-bond donors (Lipinski definition) is 2. The van der Waals surface area contributed by atoms with Gasteiger partial charge in [-0.25, -0.2) is 4.98 Å². The van der Waals surface area contributed by atoms with Gasteiger partial charge in [0.15, 0.2) is 0 Å². The summed E-state index contributed by atoms with van der Waals surface area (Å²) in [6, 6.07) is 7.95. The van der Waals surface area contributed by atoms with Crippen molar-refractivity contribution in [1.29, 1.82) is 0 Å². The largest absolute Gasteiger partial charge is 0.495 e. The van der Waals surface area contributed by atoms with Crippen molar-refractivity contribution in [2.45, 2.75) is 6.42 Å². The van der Waals surface area contributed by atoms with E-state index in [0.717, 1.165) is 37.1 Å². The summed E-state index contributed by atoms with van der Waals surface area (Å²) in [5.41, 5.74) is 6.38. The van der Waals surface area contributed by atoms with Gasteiger partial charge in [-0.3, -0.25) is 10.1 Å². The van der Waals surface area contributed by atoms with Crippen molar-refractivity contribution >= 4 is 23.1 Å². The monoisotopic (exact) mass is 344 g/mol. The standard InChI is InChI=1S/C16H20N6O3/c1-25-14-5-3-2-4-12(14)21-7-6-11(10-21)8-18-16-19-9-13(22(23)24)15(17)20-16/h2-5,9,11H,6-8,10H2,1H3,(H3,17,18,19,20)/t11-/m1/s1. The summed E-state index contributed by atoms with van der Waals surface area (Å²) in [5.74, 6) is 1.44. The number of nitro groups is 1. The molecule has 0 saturated carbocycles. The average molecular weight is 344 g/mol. The Morgan fingerprint density at radius 2 is 2.28 bits per heavy atom. The van der Waals surface area contributed by atoms with E-state index in [1.165, 1.54) is 0 Å². The van der Waals surface area contributed by atoms with Crippen LogP contribution < -0.4 is 20.7 Å². The van der Waals surface area contributed by atoms with Crippen LogP contribution in [0, 0.1) is 16.0 Å². The van der Waals surface area contributed by atoms with Crippen LogP contribution in [0.15, 0.2) is 30.5 Å². The topological polar surface area (TPSA) is 119 Å². The number of para-hydroxylation sites is 2. The molecule has 1 aliphatic heterocycles. The molecule has 2 aromatic rings. The number of nitrogens with two attached hydrogens (primary N) is 1. The van der Waals surface area contributed by atoms with Gasteiger partial charge in [-0.1, -0.05) is 12.1 Å². The maximum absolute atomic E-state index is 10.7. The zero-order valence-corrected chi connectivity index (χ0v) is 13.9. The van der Waals surface area contributed by atoms with Crippen molar-refractivity contribution in [1.82, 2.24) is 9.97 Å². The fourth-order valence-corrected chi connectivity index (χ4v) is 2.96. The van der Waals surface area contributed by atoms with Crippen molar-refractivity contribution in [3.63, 3.8) is 0 Å². The number of rotatable bonds is 6. The number of benzene rings is 1. The molecule has 0 aliphatic carbocycles. The summed E-state index contributed by atoms with van der Waals surface area (Å²) in [7, 11) is 1.67. The normalized spacial score (nSPS) is 16.7. The zero-order valence-electron chi connectivity index (χ0n) is 13.9. The molecule has 0 radical (unpaired) electrons. The minimum atomic E-state index is -0.596. The Kier molecular flexibility index (Phi) is 4.82. The van der Waals surface area contributed by atoms with Gasteiger partial charge in [0.1, 0.15) is 11.9 Å². The molecule has 1 aliphatic rings. The lowest BCUT2D eigenvalue weighted by molar-refractivity contribution is -0.384. The molecular formula is C16H20N6O3. The smallest absolute Gasteiger partial charge is 0.329 e. The molecule has 9 nitrogen and oxygen atoms in total. The minimum Gasteiger partial charge on any atom is -0.495 e. The lowest BCUT2D eigenvalue weighted by atomic mass is 10.1. The predicted molar refractivity (Wildman–Crippen MR) is 94.9 cm³/mol. The second-order valence-corrected chi connectivity index (χ2v) is 5.87. The number of anilines is 3. The summed E-state index contributed by atoms with van der Waals surface area (Å²) in [5, 5.41) is 13.8. The van der Waals surface area contributed by atoms with Crippen molar-refractivity contribution in [2.75, 3.05) is 42.7 Å². The molecule has 1 aromatic carbocycles. The van der Waals surface area contributed by atoms with Gasteiger partial charge in [-0.15, -0.1) is 0 Å². The van der Waals surface area contributed by atoms with Crippen molar-refractivity contribution in [3.05, 3.63) is 40.6 Å². The average Bonchev–Trinajstić information content (AvgIpc) is 3.08. The van der Waals surface area contributed by atoms with E-state index in [1.54, 1.807) is 7.11 Å². The third-order valence-corrected chi connectivity index (χ3v) is 4.26. The van der Waals surface area contributed by atoms with E-state index in [1.807, 2.05) is 18.2 Å². The molecule has 3 N–H and O–H groups in total. The summed E-state index contributed by atoms with van der Waals surface area (Å²) >= 11 is 0. The van der Waals surface area contributed by atoms with Crippen molar-refractivity contribution in [2.24, 2.45) is 5.92 Å². The van der Waals surface area contributed by atoms with Crippen LogP contribution in [-0.4, -0.2) is 41.6 Å². The number of methoxy groups -OCH3 is 1. The second-order valence-electron chi connectivity index (χ2n) is 5.87. The number of nitrogens with zero attached hydrogens (tertiary/aromatic N) is 4. The van der Waals surface area contributed by atoms with E-state index in [2.05, 4.69) is 26.3 Å². The molecule has 3 rings (SSSR count). The van der Waals surface area contributed by atoms with Crippen LogP contribution in [0.2, 0.25) is 0 Å². The number of aromatic nitrogens is 2. The summed E-state index contributed by atoms with van der Waals surface area (Å²) in [6.45, 7) is 2.49. The SMILES string of the molecule is COc1ccccc1N1CC[C@H](CNc2ncc([N+](=O)[O-])c(N)n2)C1. The van der Waals surface area contributed by atoms with Gasteiger partial charge in [0.25, 0.3) is 0 Å². The first-order valence-electron chi connectivity index (χ1n) is 7.97. The van der Waals surface area contributed by atoms with Crippen LogP contribution in [0.1, 0.15) is 6.42 Å². The van der Waals surface area contributed by atoms with Crippen molar-refractivity contribution < 1.29 is 9.66 Å². The van der Waals surface area contributed by atoms with E-state index >= 15 is 0 Å². The van der Waals surface area contributed by atoms with Crippen LogP contribution in [0.25, 0.3) is 0 Å². The first-order valence-corrected chi connectivity index (χ1v) is 7.97. The Labute approximate surface area is 145 Å². The molecule has 1 saturated heterocycles. The highest BCUT2D eigenvalue weighted by Gasteiger charge is 2.24. The molecule has 2 heterocycles. The maximum Gasteiger partial charge on any atom is 0.329 e. The van der Waals surface area contributed by atoms with Crippen LogP contribution in [-0.2, 0) is 0 Å². The van der Waals surface area contributed by atoms with E-state index in [0.29, 0.717) is 18.4 Å². The number of nitrogens with one attached hydrogen (secondary N) is 1. The van der Waals surface area contributed by atoms with Gasteiger partial charge in [0.2, 0.25) is 11.8 Å². The lowest BCUT2D eigenvalue weighted by Gasteiger charge is -2.21. The van der Waals surface area contributed by atoms with Gasteiger partial charge in [0.05, 0.1) is 17.7 Å². The molecular weight excluding hydrogens is 324 g/mol. The molecule has 1 atom stereocenters. The number of ether oxygens (including phenoxy) is 1. The molecule has 0 bridgehead atoms. The fourth-order valence-electron chi connectivity index (χ4n) is 2.96. The van der Waals surface area contributed by atoms with E-state index in [9.17, 15) is 10.1 Å². The molecule has 0 unspecified atom stereocenters. The third kappa shape index (κ3) is 3.70. The van der Waals surface area contributed by atoms with Gasteiger partial charge in [-0.05, 0) is 24.5 Å². The highest BCUT2D eigenvalue weighted by Crippen LogP contribution is 2.32. The van der Waals surface area contributed by atoms with Gasteiger partial charge in [0, 0.05) is 19.6 Å². The summed E-state index contributed by atoms with van der Waals surface area (Å²) in [4.78, 5) is 20.3. The molecule has 1 fully saturated rings. The first kappa shape index (κ1) is 16.7. The minimum absolute atomic E-state index is 0.135. The first-order chi connectivity index (χ1) is 12.1. The predicted octanol–water partition coefficient (Wildman–Crippen LogP) is 1.91. The van der Waals surface area contributed by atoms with Crippen molar-refractivity contribution in [3.8, 4) is 5.75 Å². The molecule has 132 valence electrons. The van der Waals surface area contributed by atoms with Crippen LogP contribution in [0.4, 0.5) is 23.1 Å². The Balaban J connectivity index is 1.59. The van der Waals surface area contributed by atoms with Gasteiger partial charge >= 0.3 is 5.69 Å². The molecule has 0 amide bonds. The van der Waals surface area contributed by atoms with Crippen LogP contribution in [0.5, 0.6) is 5.75 Å². The Bertz CT molecular complexity index is 769. The number of hydrogen-bond acceptors (Lipinski definition) is 8. The molecule has 25 heavy (non-hydrogen) atoms. The lowest BCUT2D eigenvalue weighted by Crippen LogP contribution is -2.23. The number of nitrogen functional groups attached to an aromatic ring is 1. The van der Waals surface area contributed by atoms with Crippen LogP contribution >= 0.6 is 0 Å². The van der Waals surface area contributed by atoms with E-state index < -0.39 is 4.92 Å². The highest BCUT2D eigenvalue weighted by molar-refractivity contribution is 5.59. The van der Waals surface area contributed by atoms with E-state index in [4.69, 9.17) is 10.5 Å². The Hall–Kier alpha value is -3.10. The Morgan fingerprint density at radius 3 is 3.00 bits per heavy atom. The van der Waals surface area contributed by atoms with Gasteiger partial charge < -0.3 is 20.7 Å². The fraction of sp³-hybridized carbons (Fsp3) is 0.375. The van der Waals surface area contributed by atoms with Crippen LogP contribution in [0.3, 0.4) is 0 Å². The van der Waals surface area contributed by atoms with Gasteiger partial charge in [-0.2, -0.15) is 4.98 Å². The molecule has 9 heteroatoms. The highest BCUT2D eigenvalue weighted by atomic mass is 16.6. The summed E-state index contributed by atoms with van der Waals surface area (Å²) in [6.07, 6.45) is 2.15. The van der Waals surface area contributed by atoms with E-state index in [-0.39, 0.29) is 11.5 Å². The summed E-state index contributed by atoms with van der Waals surface area (Å²) < 4.78 is 5.42. The molecule has 0 spiro atoms. The Morgan fingerprint density at radius 1 is 1.48 bits per heavy atom. The quantitative estimate of drug-likeness (QED) is 0.602. The second kappa shape index (κ2) is 7.20. The third-order valence-electron chi connectivity index (χ3n) is 4.26. The maximum atomic E-state index is 10.7.